The maximum Gasteiger partial charge on any atom is 0.244 e. The number of anilines is 2. The molecule has 0 amide bonds. The summed E-state index contributed by atoms with van der Waals surface area (Å²) in [6.45, 7) is 3.73. The van der Waals surface area contributed by atoms with Crippen LogP contribution in [0.2, 0.25) is 0 Å². The monoisotopic (exact) mass is 417 g/mol. The normalized spacial score (nSPS) is 20.0. The van der Waals surface area contributed by atoms with E-state index in [1.807, 2.05) is 49.0 Å². The lowest BCUT2D eigenvalue weighted by molar-refractivity contribution is -0.0230. The van der Waals surface area contributed by atoms with Crippen LogP contribution in [0, 0.1) is 5.92 Å². The number of nitrogens with one attached hydrogen (secondary N) is 2. The average molecular weight is 418 g/mol. The second-order valence-electron chi connectivity index (χ2n) is 8.80. The minimum atomic E-state index is -0.648. The molecule has 0 radical (unpaired) electrons. The minimum Gasteiger partial charge on any atom is -0.479 e. The largest absolute Gasteiger partial charge is 0.479 e. The fourth-order valence-corrected chi connectivity index (χ4v) is 4.28. The molecule has 7 heteroatoms. The summed E-state index contributed by atoms with van der Waals surface area (Å²) >= 11 is 0. The SMILES string of the molecule is COc1nc(NC2CC(C(C)(C)O)C2)nn2ccc(-c3ccc4c(c3)C=CC=CN4)c12. The Hall–Kier alpha value is -3.32. The van der Waals surface area contributed by atoms with Gasteiger partial charge in [-0.3, -0.25) is 0 Å². The van der Waals surface area contributed by atoms with Crippen molar-refractivity contribution in [3.63, 3.8) is 0 Å². The molecule has 2 aromatic heterocycles. The maximum atomic E-state index is 10.2. The number of methoxy groups -OCH3 is 1. The van der Waals surface area contributed by atoms with E-state index in [1.54, 1.807) is 7.11 Å². The van der Waals surface area contributed by atoms with Crippen molar-refractivity contribution >= 4 is 23.2 Å². The third kappa shape index (κ3) is 3.65. The maximum absolute atomic E-state index is 10.2. The Morgan fingerprint density at radius 3 is 2.84 bits per heavy atom. The van der Waals surface area contributed by atoms with E-state index < -0.39 is 5.60 Å². The van der Waals surface area contributed by atoms with Crippen LogP contribution in [0.3, 0.4) is 0 Å². The van der Waals surface area contributed by atoms with Gasteiger partial charge in [0, 0.05) is 29.7 Å². The first-order valence-electron chi connectivity index (χ1n) is 10.6. The van der Waals surface area contributed by atoms with E-state index in [9.17, 15) is 5.11 Å². The zero-order valence-corrected chi connectivity index (χ0v) is 18.0. The number of rotatable bonds is 5. The molecule has 5 rings (SSSR count). The second kappa shape index (κ2) is 7.42. The number of nitrogens with zero attached hydrogens (tertiary/aromatic N) is 3. The Morgan fingerprint density at radius 1 is 1.23 bits per heavy atom. The van der Waals surface area contributed by atoms with Gasteiger partial charge in [0.25, 0.3) is 0 Å². The van der Waals surface area contributed by atoms with Crippen molar-refractivity contribution in [1.82, 2.24) is 14.6 Å². The number of benzene rings is 1. The van der Waals surface area contributed by atoms with E-state index in [4.69, 9.17) is 4.74 Å². The molecule has 3 heterocycles. The molecule has 160 valence electrons. The van der Waals surface area contributed by atoms with Crippen molar-refractivity contribution in [2.24, 2.45) is 5.92 Å². The van der Waals surface area contributed by atoms with Crippen LogP contribution < -0.4 is 15.4 Å². The Labute approximate surface area is 181 Å². The first-order chi connectivity index (χ1) is 14.9. The molecule has 7 nitrogen and oxygen atoms in total. The smallest absolute Gasteiger partial charge is 0.244 e. The lowest BCUT2D eigenvalue weighted by Crippen LogP contribution is -2.46. The van der Waals surface area contributed by atoms with Gasteiger partial charge >= 0.3 is 0 Å². The summed E-state index contributed by atoms with van der Waals surface area (Å²) in [5, 5.41) is 21.5. The predicted molar refractivity (Wildman–Crippen MR) is 123 cm³/mol. The van der Waals surface area contributed by atoms with Crippen LogP contribution >= 0.6 is 0 Å². The van der Waals surface area contributed by atoms with Crippen LogP contribution in [-0.2, 0) is 0 Å². The highest BCUT2D eigenvalue weighted by Gasteiger charge is 2.39. The highest BCUT2D eigenvalue weighted by atomic mass is 16.5. The number of ether oxygens (including phenoxy) is 1. The van der Waals surface area contributed by atoms with E-state index in [2.05, 4.69) is 45.0 Å². The van der Waals surface area contributed by atoms with Crippen molar-refractivity contribution in [3.05, 3.63) is 54.4 Å². The molecule has 0 saturated heterocycles. The van der Waals surface area contributed by atoms with Gasteiger partial charge in [0.2, 0.25) is 11.8 Å². The summed E-state index contributed by atoms with van der Waals surface area (Å²) in [5.74, 6) is 1.35. The molecule has 1 saturated carbocycles. The summed E-state index contributed by atoms with van der Waals surface area (Å²) in [6, 6.07) is 8.61. The Balaban J connectivity index is 1.45. The van der Waals surface area contributed by atoms with Crippen LogP contribution in [0.25, 0.3) is 22.7 Å². The molecular formula is C24H27N5O2. The Morgan fingerprint density at radius 2 is 2.06 bits per heavy atom. The number of aromatic nitrogens is 3. The summed E-state index contributed by atoms with van der Waals surface area (Å²) < 4.78 is 7.46. The van der Waals surface area contributed by atoms with Crippen LogP contribution in [0.4, 0.5) is 11.6 Å². The lowest BCUT2D eigenvalue weighted by atomic mass is 9.71. The van der Waals surface area contributed by atoms with Crippen LogP contribution in [0.15, 0.2) is 48.8 Å². The summed E-state index contributed by atoms with van der Waals surface area (Å²) in [5.41, 5.74) is 4.46. The molecule has 1 aromatic carbocycles. The van der Waals surface area contributed by atoms with Crippen molar-refractivity contribution in [1.29, 1.82) is 0 Å². The van der Waals surface area contributed by atoms with E-state index >= 15 is 0 Å². The fraction of sp³-hybridized carbons (Fsp3) is 0.333. The fourth-order valence-electron chi connectivity index (χ4n) is 4.28. The number of allylic oxidation sites excluding steroid dienone is 2. The zero-order valence-electron chi connectivity index (χ0n) is 18.0. The van der Waals surface area contributed by atoms with Gasteiger partial charge in [0.05, 0.1) is 12.7 Å². The lowest BCUT2D eigenvalue weighted by Gasteiger charge is -2.42. The van der Waals surface area contributed by atoms with Gasteiger partial charge < -0.3 is 20.5 Å². The molecule has 0 unspecified atom stereocenters. The third-order valence-corrected chi connectivity index (χ3v) is 6.23. The van der Waals surface area contributed by atoms with Crippen LogP contribution in [0.5, 0.6) is 5.88 Å². The van der Waals surface area contributed by atoms with Gasteiger partial charge in [-0.25, -0.2) is 4.52 Å². The average Bonchev–Trinajstić information content (AvgIpc) is 2.99. The van der Waals surface area contributed by atoms with Gasteiger partial charge in [-0.2, -0.15) is 4.98 Å². The quantitative estimate of drug-likeness (QED) is 0.573. The van der Waals surface area contributed by atoms with Gasteiger partial charge in [-0.05, 0) is 68.0 Å². The molecule has 3 N–H and O–H groups in total. The van der Waals surface area contributed by atoms with Gasteiger partial charge in [-0.1, -0.05) is 18.2 Å². The van der Waals surface area contributed by atoms with E-state index in [-0.39, 0.29) is 6.04 Å². The molecular weight excluding hydrogens is 390 g/mol. The molecule has 1 fully saturated rings. The summed E-state index contributed by atoms with van der Waals surface area (Å²) in [6.07, 6.45) is 11.7. The van der Waals surface area contributed by atoms with E-state index in [0.29, 0.717) is 17.7 Å². The molecule has 0 bridgehead atoms. The number of aliphatic hydroxyl groups is 1. The van der Waals surface area contributed by atoms with Crippen molar-refractivity contribution in [2.45, 2.75) is 38.3 Å². The standard InChI is InChI=1S/C24H27N5O2/c1-24(2,30)17-13-18(14-17)26-23-27-22(31-3)21-19(9-11-29(21)28-23)15-7-8-20-16(12-15)6-4-5-10-25-20/h4-12,17-18,25,30H,13-14H2,1-3H3,(H,26,28). The van der Waals surface area contributed by atoms with Gasteiger partial charge in [0.1, 0.15) is 5.52 Å². The first kappa shape index (κ1) is 19.6. The predicted octanol–water partition coefficient (Wildman–Crippen LogP) is 4.32. The topological polar surface area (TPSA) is 83.7 Å². The Kier molecular flexibility index (Phi) is 4.70. The third-order valence-electron chi connectivity index (χ3n) is 6.23. The first-order valence-corrected chi connectivity index (χ1v) is 10.6. The Bertz CT molecular complexity index is 1180. The molecule has 0 spiro atoms. The number of hydrogen-bond donors (Lipinski definition) is 3. The highest BCUT2D eigenvalue weighted by Crippen LogP contribution is 2.38. The van der Waals surface area contributed by atoms with Gasteiger partial charge in [-0.15, -0.1) is 5.10 Å². The number of hydrogen-bond acceptors (Lipinski definition) is 6. The molecule has 2 aliphatic rings. The molecule has 3 aromatic rings. The number of fused-ring (bicyclic) bond motifs is 2. The molecule has 1 aliphatic carbocycles. The van der Waals surface area contributed by atoms with E-state index in [0.717, 1.165) is 40.7 Å². The summed E-state index contributed by atoms with van der Waals surface area (Å²) in [4.78, 5) is 4.63. The zero-order chi connectivity index (χ0) is 21.6. The van der Waals surface area contributed by atoms with Crippen molar-refractivity contribution in [2.75, 3.05) is 17.7 Å². The minimum absolute atomic E-state index is 0.256. The molecule has 1 aliphatic heterocycles. The van der Waals surface area contributed by atoms with Crippen LogP contribution in [0.1, 0.15) is 32.3 Å². The van der Waals surface area contributed by atoms with Crippen molar-refractivity contribution < 1.29 is 9.84 Å². The van der Waals surface area contributed by atoms with E-state index in [1.165, 1.54) is 0 Å². The van der Waals surface area contributed by atoms with Gasteiger partial charge in [0.15, 0.2) is 0 Å². The molecule has 31 heavy (non-hydrogen) atoms. The van der Waals surface area contributed by atoms with Crippen molar-refractivity contribution in [3.8, 4) is 17.0 Å². The summed E-state index contributed by atoms with van der Waals surface area (Å²) in [7, 11) is 1.63. The van der Waals surface area contributed by atoms with Crippen LogP contribution in [-0.4, -0.2) is 38.5 Å². The molecule has 0 atom stereocenters. The second-order valence-corrected chi connectivity index (χ2v) is 8.80. The highest BCUT2D eigenvalue weighted by molar-refractivity contribution is 5.87.